The fourth-order valence-electron chi connectivity index (χ4n) is 3.29. The van der Waals surface area contributed by atoms with Gasteiger partial charge in [-0.25, -0.2) is 0 Å². The maximum atomic E-state index is 11.7. The monoisotopic (exact) mass is 325 g/mol. The minimum Gasteiger partial charge on any atom is -0.375 e. The third-order valence-corrected chi connectivity index (χ3v) is 4.28. The summed E-state index contributed by atoms with van der Waals surface area (Å²) < 4.78 is 4.83. The van der Waals surface area contributed by atoms with Gasteiger partial charge in [0.1, 0.15) is 6.61 Å². The van der Waals surface area contributed by atoms with Crippen molar-refractivity contribution in [3.63, 3.8) is 0 Å². The van der Waals surface area contributed by atoms with Crippen LogP contribution in [0.4, 0.5) is 0 Å². The molecule has 6 nitrogen and oxygen atoms in total. The molecule has 1 rings (SSSR count). The van der Waals surface area contributed by atoms with Crippen LogP contribution in [0.5, 0.6) is 0 Å². The SMILES string of the molecule is CC=C[C@@H]1C[C@H](C(N)=O)N(CC(CCC)CNC(=O)COC)C1. The molecule has 0 radical (unpaired) electrons. The number of nitrogens with zero attached hydrogens (tertiary/aromatic N) is 1. The van der Waals surface area contributed by atoms with Gasteiger partial charge < -0.3 is 15.8 Å². The second-order valence-corrected chi connectivity index (χ2v) is 6.29. The second kappa shape index (κ2) is 10.4. The van der Waals surface area contributed by atoms with Gasteiger partial charge in [-0.15, -0.1) is 0 Å². The molecule has 23 heavy (non-hydrogen) atoms. The van der Waals surface area contributed by atoms with Crippen LogP contribution in [-0.2, 0) is 14.3 Å². The van der Waals surface area contributed by atoms with Gasteiger partial charge in [-0.3, -0.25) is 14.5 Å². The van der Waals surface area contributed by atoms with E-state index in [1.54, 1.807) is 0 Å². The molecule has 0 aliphatic carbocycles. The van der Waals surface area contributed by atoms with Crippen LogP contribution in [-0.4, -0.2) is 56.1 Å². The van der Waals surface area contributed by atoms with Crippen molar-refractivity contribution in [2.75, 3.05) is 33.4 Å². The van der Waals surface area contributed by atoms with E-state index in [2.05, 4.69) is 23.2 Å². The van der Waals surface area contributed by atoms with E-state index in [0.717, 1.165) is 32.4 Å². The fraction of sp³-hybridized carbons (Fsp3) is 0.765. The van der Waals surface area contributed by atoms with Crippen molar-refractivity contribution in [3.05, 3.63) is 12.2 Å². The first-order valence-corrected chi connectivity index (χ1v) is 8.43. The van der Waals surface area contributed by atoms with Crippen molar-refractivity contribution >= 4 is 11.8 Å². The van der Waals surface area contributed by atoms with Gasteiger partial charge in [-0.1, -0.05) is 25.5 Å². The van der Waals surface area contributed by atoms with Crippen molar-refractivity contribution < 1.29 is 14.3 Å². The molecule has 1 fully saturated rings. The summed E-state index contributed by atoms with van der Waals surface area (Å²) in [6.45, 7) is 6.43. The number of nitrogens with two attached hydrogens (primary N) is 1. The van der Waals surface area contributed by atoms with Gasteiger partial charge in [0.25, 0.3) is 0 Å². The summed E-state index contributed by atoms with van der Waals surface area (Å²) in [6, 6.07) is -0.203. The highest BCUT2D eigenvalue weighted by Gasteiger charge is 2.35. The molecule has 6 heteroatoms. The van der Waals surface area contributed by atoms with E-state index >= 15 is 0 Å². The molecule has 0 bridgehead atoms. The molecule has 0 spiro atoms. The topological polar surface area (TPSA) is 84.7 Å². The Morgan fingerprint density at radius 1 is 1.48 bits per heavy atom. The Bertz CT molecular complexity index is 412. The van der Waals surface area contributed by atoms with Crippen LogP contribution in [0.2, 0.25) is 0 Å². The van der Waals surface area contributed by atoms with Gasteiger partial charge in [0.15, 0.2) is 0 Å². The fourth-order valence-corrected chi connectivity index (χ4v) is 3.29. The average molecular weight is 325 g/mol. The summed E-state index contributed by atoms with van der Waals surface area (Å²) in [4.78, 5) is 25.5. The van der Waals surface area contributed by atoms with Gasteiger partial charge >= 0.3 is 0 Å². The van der Waals surface area contributed by atoms with E-state index in [1.165, 1.54) is 7.11 Å². The maximum Gasteiger partial charge on any atom is 0.245 e. The molecular weight excluding hydrogens is 294 g/mol. The summed E-state index contributed by atoms with van der Waals surface area (Å²) >= 11 is 0. The predicted octanol–water partition coefficient (Wildman–Crippen LogP) is 0.917. The van der Waals surface area contributed by atoms with E-state index in [0.29, 0.717) is 18.4 Å². The average Bonchev–Trinajstić information content (AvgIpc) is 2.89. The number of carbonyl (C=O) groups is 2. The van der Waals surface area contributed by atoms with E-state index in [4.69, 9.17) is 10.5 Å². The third-order valence-electron chi connectivity index (χ3n) is 4.28. The molecule has 0 aromatic carbocycles. The Kier molecular flexibility index (Phi) is 8.87. The van der Waals surface area contributed by atoms with Gasteiger partial charge in [0, 0.05) is 26.7 Å². The number of primary amides is 1. The molecule has 1 heterocycles. The van der Waals surface area contributed by atoms with Crippen LogP contribution < -0.4 is 11.1 Å². The Morgan fingerprint density at radius 3 is 2.78 bits per heavy atom. The van der Waals surface area contributed by atoms with Crippen molar-refractivity contribution in [1.29, 1.82) is 0 Å². The van der Waals surface area contributed by atoms with Crippen LogP contribution >= 0.6 is 0 Å². The van der Waals surface area contributed by atoms with Crippen LogP contribution in [0, 0.1) is 11.8 Å². The van der Waals surface area contributed by atoms with E-state index in [-0.39, 0.29) is 24.5 Å². The van der Waals surface area contributed by atoms with Crippen LogP contribution in [0.1, 0.15) is 33.1 Å². The summed E-state index contributed by atoms with van der Waals surface area (Å²) in [5, 5.41) is 2.90. The van der Waals surface area contributed by atoms with Gasteiger partial charge in [0.2, 0.25) is 11.8 Å². The summed E-state index contributed by atoms with van der Waals surface area (Å²) in [5.74, 6) is 0.332. The van der Waals surface area contributed by atoms with Crippen molar-refractivity contribution in [2.45, 2.75) is 39.2 Å². The van der Waals surface area contributed by atoms with E-state index in [1.807, 2.05) is 13.0 Å². The predicted molar refractivity (Wildman–Crippen MR) is 90.8 cm³/mol. The van der Waals surface area contributed by atoms with E-state index in [9.17, 15) is 9.59 Å². The maximum absolute atomic E-state index is 11.7. The number of allylic oxidation sites excluding steroid dienone is 1. The Hall–Kier alpha value is -1.40. The number of ether oxygens (including phenoxy) is 1. The number of rotatable bonds is 10. The van der Waals surface area contributed by atoms with Gasteiger partial charge in [0.05, 0.1) is 6.04 Å². The number of hydrogen-bond donors (Lipinski definition) is 2. The number of nitrogens with one attached hydrogen (secondary N) is 1. The molecule has 1 aliphatic rings. The number of likely N-dealkylation sites (tertiary alicyclic amines) is 1. The zero-order valence-corrected chi connectivity index (χ0v) is 14.6. The second-order valence-electron chi connectivity index (χ2n) is 6.29. The molecule has 132 valence electrons. The molecule has 0 saturated carbocycles. The first-order valence-electron chi connectivity index (χ1n) is 8.43. The number of carbonyl (C=O) groups excluding carboxylic acids is 2. The first-order chi connectivity index (χ1) is 11.0. The third kappa shape index (κ3) is 6.71. The molecule has 3 N–H and O–H groups in total. The lowest BCUT2D eigenvalue weighted by Gasteiger charge is -2.27. The lowest BCUT2D eigenvalue weighted by Crippen LogP contribution is -2.44. The highest BCUT2D eigenvalue weighted by molar-refractivity contribution is 5.80. The number of amides is 2. The molecule has 0 aromatic rings. The summed E-state index contributed by atoms with van der Waals surface area (Å²) in [7, 11) is 1.51. The molecule has 1 unspecified atom stereocenters. The largest absolute Gasteiger partial charge is 0.375 e. The highest BCUT2D eigenvalue weighted by atomic mass is 16.5. The Morgan fingerprint density at radius 2 is 2.22 bits per heavy atom. The van der Waals surface area contributed by atoms with Gasteiger partial charge in [-0.05, 0) is 31.6 Å². The first kappa shape index (κ1) is 19.6. The Labute approximate surface area is 139 Å². The van der Waals surface area contributed by atoms with Crippen LogP contribution in [0.25, 0.3) is 0 Å². The number of methoxy groups -OCH3 is 1. The molecular formula is C17H31N3O3. The standard InChI is InChI=1S/C17H31N3O3/c1-4-6-13-8-15(17(18)22)20(10-13)11-14(7-5-2)9-19-16(21)12-23-3/h4,6,13-15H,5,7-12H2,1-3H3,(H2,18,22)(H,19,21)/t13-,14?,15-/m1/s1. The van der Waals surface area contributed by atoms with Crippen molar-refractivity contribution in [2.24, 2.45) is 17.6 Å². The van der Waals surface area contributed by atoms with Crippen molar-refractivity contribution in [1.82, 2.24) is 10.2 Å². The smallest absolute Gasteiger partial charge is 0.245 e. The molecule has 0 aromatic heterocycles. The number of hydrogen-bond acceptors (Lipinski definition) is 4. The van der Waals surface area contributed by atoms with Crippen LogP contribution in [0.15, 0.2) is 12.2 Å². The lowest BCUT2D eigenvalue weighted by atomic mass is 10.0. The van der Waals surface area contributed by atoms with E-state index < -0.39 is 0 Å². The minimum atomic E-state index is -0.254. The highest BCUT2D eigenvalue weighted by Crippen LogP contribution is 2.26. The molecule has 2 amide bonds. The lowest BCUT2D eigenvalue weighted by molar-refractivity contribution is -0.125. The molecule has 1 saturated heterocycles. The summed E-state index contributed by atoms with van der Waals surface area (Å²) in [6.07, 6.45) is 7.00. The minimum absolute atomic E-state index is 0.0792. The Balaban J connectivity index is 2.61. The molecule has 1 aliphatic heterocycles. The zero-order chi connectivity index (χ0) is 17.2. The molecule has 3 atom stereocenters. The zero-order valence-electron chi connectivity index (χ0n) is 14.6. The van der Waals surface area contributed by atoms with Crippen LogP contribution in [0.3, 0.4) is 0 Å². The van der Waals surface area contributed by atoms with Crippen molar-refractivity contribution in [3.8, 4) is 0 Å². The quantitative estimate of drug-likeness (QED) is 0.585. The summed E-state index contributed by atoms with van der Waals surface area (Å²) in [5.41, 5.74) is 5.57. The normalized spacial score (nSPS) is 23.3. The van der Waals surface area contributed by atoms with Gasteiger partial charge in [-0.2, -0.15) is 0 Å².